The van der Waals surface area contributed by atoms with Gasteiger partial charge in [0.2, 0.25) is 17.7 Å². The molecule has 2 aliphatic heterocycles. The number of nitrogens with zero attached hydrogens (tertiary/aromatic N) is 1. The first-order valence-electron chi connectivity index (χ1n) is 13.7. The van der Waals surface area contributed by atoms with Crippen molar-refractivity contribution in [3.8, 4) is 0 Å². The Labute approximate surface area is 242 Å². The fourth-order valence-electron chi connectivity index (χ4n) is 7.95. The number of amides is 3. The Morgan fingerprint density at radius 3 is 2.49 bits per heavy atom. The second-order valence-electron chi connectivity index (χ2n) is 11.3. The van der Waals surface area contributed by atoms with Crippen LogP contribution in [0.4, 0.5) is 10.1 Å². The van der Waals surface area contributed by atoms with Crippen LogP contribution in [-0.4, -0.2) is 39.4 Å². The van der Waals surface area contributed by atoms with Crippen molar-refractivity contribution in [3.05, 3.63) is 92.7 Å². The molecule has 3 aromatic carbocycles. The summed E-state index contributed by atoms with van der Waals surface area (Å²) in [6, 6.07) is 19.7. The van der Waals surface area contributed by atoms with Crippen LogP contribution in [0.5, 0.6) is 0 Å². The van der Waals surface area contributed by atoms with Crippen LogP contribution in [0, 0.1) is 35.4 Å². The number of rotatable bonds is 4. The van der Waals surface area contributed by atoms with Gasteiger partial charge < -0.3 is 10.3 Å². The zero-order valence-electron chi connectivity index (χ0n) is 21.6. The molecule has 4 aromatic rings. The summed E-state index contributed by atoms with van der Waals surface area (Å²) in [5.74, 6) is -2.50. The summed E-state index contributed by atoms with van der Waals surface area (Å²) in [4.78, 5) is 57.9. The second-order valence-corrected chi connectivity index (χ2v) is 13.6. The maximum absolute atomic E-state index is 13.8. The molecule has 41 heavy (non-hydrogen) atoms. The Balaban J connectivity index is 1.09. The van der Waals surface area contributed by atoms with Gasteiger partial charge >= 0.3 is 4.87 Å². The van der Waals surface area contributed by atoms with Gasteiger partial charge in [-0.15, -0.1) is 11.8 Å². The number of carbonyl (C=O) groups is 3. The van der Waals surface area contributed by atoms with Crippen molar-refractivity contribution in [2.24, 2.45) is 29.6 Å². The molecule has 3 fully saturated rings. The lowest BCUT2D eigenvalue weighted by molar-refractivity contribution is -0.143. The van der Waals surface area contributed by atoms with Gasteiger partial charge in [0.25, 0.3) is 0 Å². The summed E-state index contributed by atoms with van der Waals surface area (Å²) in [7, 11) is 0. The van der Waals surface area contributed by atoms with E-state index >= 15 is 0 Å². The number of likely N-dealkylation sites (tertiary alicyclic amines) is 1. The predicted octanol–water partition coefficient (Wildman–Crippen LogP) is 4.84. The van der Waals surface area contributed by atoms with E-state index in [9.17, 15) is 23.6 Å². The second kappa shape index (κ2) is 9.12. The molecule has 1 aromatic heterocycles. The SMILES string of the molecule is O=C(CN1C(=O)C2C3CC(C2C1=O)C1C3Sc2[nH]c(=O)sc2[C@@H]1c1ccc(F)cc1)Nc1cccc2ccccc12. The Morgan fingerprint density at radius 1 is 0.951 bits per heavy atom. The monoisotopic (exact) mass is 585 g/mol. The maximum Gasteiger partial charge on any atom is 0.305 e. The Bertz CT molecular complexity index is 1810. The van der Waals surface area contributed by atoms with Crippen LogP contribution in [0.3, 0.4) is 0 Å². The summed E-state index contributed by atoms with van der Waals surface area (Å²) in [5.41, 5.74) is 1.54. The van der Waals surface area contributed by atoms with E-state index in [-0.39, 0.29) is 58.0 Å². The van der Waals surface area contributed by atoms with Crippen molar-refractivity contribution in [2.45, 2.75) is 22.6 Å². The number of imide groups is 1. The summed E-state index contributed by atoms with van der Waals surface area (Å²) in [5, 5.41) is 5.61. The number of hydrogen-bond acceptors (Lipinski definition) is 6. The molecule has 4 aliphatic rings. The first kappa shape index (κ1) is 25.0. The van der Waals surface area contributed by atoms with Crippen molar-refractivity contribution in [1.82, 2.24) is 9.88 Å². The molecule has 0 radical (unpaired) electrons. The first-order valence-corrected chi connectivity index (χ1v) is 15.4. The van der Waals surface area contributed by atoms with Crippen LogP contribution < -0.4 is 10.2 Å². The minimum absolute atomic E-state index is 0.0249. The lowest BCUT2D eigenvalue weighted by Crippen LogP contribution is -2.42. The van der Waals surface area contributed by atoms with E-state index in [1.54, 1.807) is 23.9 Å². The van der Waals surface area contributed by atoms with E-state index in [0.717, 1.165) is 37.6 Å². The number of halogens is 1. The quantitative estimate of drug-likeness (QED) is 0.334. The molecule has 8 rings (SSSR count). The first-order chi connectivity index (χ1) is 19.9. The highest BCUT2D eigenvalue weighted by molar-refractivity contribution is 8.00. The summed E-state index contributed by atoms with van der Waals surface area (Å²) < 4.78 is 13.8. The number of H-pyrrole nitrogens is 1. The predicted molar refractivity (Wildman–Crippen MR) is 154 cm³/mol. The van der Waals surface area contributed by atoms with Crippen molar-refractivity contribution in [2.75, 3.05) is 11.9 Å². The standard InChI is InChI=1S/C31H24FN3O4S2/c32-16-10-8-15(9-11-16)22-23-18-12-19(26(23)40-28-27(22)41-31(39)34-28)25-24(18)29(37)35(30(25)38)13-21(36)33-20-7-3-5-14-4-1-2-6-17(14)20/h1-11,18-19,22-26H,12-13H2,(H,33,36)(H,34,39)/t18?,19?,22-,23?,24?,25?,26?/m1/s1. The van der Waals surface area contributed by atoms with Crippen molar-refractivity contribution >= 4 is 57.3 Å². The molecule has 7 nitrogen and oxygen atoms in total. The molecule has 0 spiro atoms. The van der Waals surface area contributed by atoms with E-state index < -0.39 is 17.7 Å². The third kappa shape index (κ3) is 3.69. The third-order valence-corrected chi connectivity index (χ3v) is 12.0. The van der Waals surface area contributed by atoms with E-state index in [2.05, 4.69) is 10.3 Å². The van der Waals surface area contributed by atoms with Crippen LogP contribution in [0.2, 0.25) is 0 Å². The highest BCUT2D eigenvalue weighted by atomic mass is 32.2. The fourth-order valence-corrected chi connectivity index (χ4v) is 10.8. The third-order valence-electron chi connectivity index (χ3n) is 9.41. The lowest BCUT2D eigenvalue weighted by Gasteiger charge is -2.43. The number of anilines is 1. The van der Waals surface area contributed by atoms with Crippen LogP contribution in [0.1, 0.15) is 22.8 Å². The molecule has 2 bridgehead atoms. The number of benzene rings is 3. The van der Waals surface area contributed by atoms with E-state index in [0.29, 0.717) is 5.69 Å². The van der Waals surface area contributed by atoms with E-state index in [1.807, 2.05) is 42.5 Å². The highest BCUT2D eigenvalue weighted by Crippen LogP contribution is 2.68. The van der Waals surface area contributed by atoms with Crippen LogP contribution in [-0.2, 0) is 14.4 Å². The van der Waals surface area contributed by atoms with Gasteiger partial charge in [-0.05, 0) is 53.3 Å². The van der Waals surface area contributed by atoms with Crippen LogP contribution in [0.15, 0.2) is 76.6 Å². The largest absolute Gasteiger partial charge is 0.324 e. The molecular weight excluding hydrogens is 561 g/mol. The molecular formula is C31H24FN3O4S2. The zero-order chi connectivity index (χ0) is 28.0. The molecule has 2 saturated carbocycles. The number of carbonyl (C=O) groups excluding carboxylic acids is 3. The number of fused-ring (bicyclic) bond motifs is 10. The normalized spacial score (nSPS) is 29.5. The van der Waals surface area contributed by atoms with Crippen LogP contribution in [0.25, 0.3) is 10.8 Å². The minimum atomic E-state index is -0.486. The lowest BCUT2D eigenvalue weighted by atomic mass is 9.68. The van der Waals surface area contributed by atoms with Gasteiger partial charge in [-0.25, -0.2) is 4.39 Å². The average molecular weight is 586 g/mol. The fraction of sp³-hybridized carbons (Fsp3) is 0.290. The van der Waals surface area contributed by atoms with Gasteiger partial charge in [0.05, 0.1) is 16.9 Å². The Hall–Kier alpha value is -3.76. The molecule has 1 saturated heterocycles. The zero-order valence-corrected chi connectivity index (χ0v) is 23.2. The molecule has 2 aliphatic carbocycles. The topological polar surface area (TPSA) is 99.3 Å². The molecule has 6 unspecified atom stereocenters. The molecule has 3 heterocycles. The highest BCUT2D eigenvalue weighted by Gasteiger charge is 2.69. The van der Waals surface area contributed by atoms with Gasteiger partial charge in [0.1, 0.15) is 12.4 Å². The number of nitrogens with one attached hydrogen (secondary N) is 2. The number of hydrogen-bond donors (Lipinski definition) is 2. The molecule has 2 N–H and O–H groups in total. The number of aromatic nitrogens is 1. The molecule has 3 amide bonds. The maximum atomic E-state index is 13.8. The van der Waals surface area contributed by atoms with Gasteiger partial charge in [0, 0.05) is 27.1 Å². The van der Waals surface area contributed by atoms with Gasteiger partial charge in [-0.2, -0.15) is 0 Å². The Morgan fingerprint density at radius 2 is 1.68 bits per heavy atom. The number of aromatic amines is 1. The van der Waals surface area contributed by atoms with Crippen LogP contribution >= 0.6 is 23.1 Å². The summed E-state index contributed by atoms with van der Waals surface area (Å²) >= 11 is 2.77. The molecule has 10 heteroatoms. The summed E-state index contributed by atoms with van der Waals surface area (Å²) in [6.45, 7) is -0.322. The Kier molecular flexibility index (Phi) is 5.56. The van der Waals surface area contributed by atoms with Gasteiger partial charge in [-0.1, -0.05) is 59.9 Å². The van der Waals surface area contributed by atoms with Crippen molar-refractivity contribution in [3.63, 3.8) is 0 Å². The molecule has 206 valence electrons. The van der Waals surface area contributed by atoms with E-state index in [4.69, 9.17) is 0 Å². The number of thioether (sulfide) groups is 1. The summed E-state index contributed by atoms with van der Waals surface area (Å²) in [6.07, 6.45) is 0.752. The minimum Gasteiger partial charge on any atom is -0.324 e. The van der Waals surface area contributed by atoms with Gasteiger partial charge in [0.15, 0.2) is 0 Å². The smallest absolute Gasteiger partial charge is 0.305 e. The van der Waals surface area contributed by atoms with Gasteiger partial charge in [-0.3, -0.25) is 24.1 Å². The average Bonchev–Trinajstić information content (AvgIpc) is 3.70. The molecule has 7 atom stereocenters. The van der Waals surface area contributed by atoms with Crippen molar-refractivity contribution in [1.29, 1.82) is 0 Å². The number of thiazole rings is 1. The van der Waals surface area contributed by atoms with Crippen molar-refractivity contribution < 1.29 is 18.8 Å². The van der Waals surface area contributed by atoms with E-state index in [1.165, 1.54) is 23.5 Å².